The molecule has 2 atom stereocenters. The molecule has 1 N–H and O–H groups in total. The van der Waals surface area contributed by atoms with E-state index in [1.54, 1.807) is 36.7 Å². The molecule has 4 nitrogen and oxygen atoms in total. The molecule has 1 aliphatic heterocycles. The van der Waals surface area contributed by atoms with Crippen molar-refractivity contribution >= 4 is 29.3 Å². The molecular weight excluding hydrogens is 365 g/mol. The Morgan fingerprint density at radius 3 is 2.85 bits per heavy atom. The number of anilines is 1. The molecular formula is C21H21ClFN3O. The van der Waals surface area contributed by atoms with Gasteiger partial charge in [-0.2, -0.15) is 0 Å². The van der Waals surface area contributed by atoms with Gasteiger partial charge in [0.15, 0.2) is 0 Å². The SMILES string of the molecule is O=C(/C=C/c1cccnc1)NCCC1C2CN(c3ccc(F)c(Cl)c3)CC12. The fraction of sp³-hybridized carbons (Fsp3) is 0.333. The van der Waals surface area contributed by atoms with Gasteiger partial charge in [0.1, 0.15) is 5.82 Å². The third-order valence-corrected chi connectivity index (χ3v) is 5.82. The van der Waals surface area contributed by atoms with Crippen molar-refractivity contribution in [1.82, 2.24) is 10.3 Å². The van der Waals surface area contributed by atoms with Crippen molar-refractivity contribution in [3.05, 3.63) is 65.2 Å². The number of amides is 1. The zero-order valence-electron chi connectivity index (χ0n) is 14.8. The van der Waals surface area contributed by atoms with Gasteiger partial charge in [-0.15, -0.1) is 0 Å². The van der Waals surface area contributed by atoms with E-state index in [2.05, 4.69) is 15.2 Å². The molecule has 1 saturated heterocycles. The van der Waals surface area contributed by atoms with Gasteiger partial charge in [0.25, 0.3) is 0 Å². The third kappa shape index (κ3) is 4.14. The monoisotopic (exact) mass is 385 g/mol. The number of benzene rings is 1. The predicted molar refractivity (Wildman–Crippen MR) is 105 cm³/mol. The van der Waals surface area contributed by atoms with Gasteiger partial charge < -0.3 is 10.2 Å². The van der Waals surface area contributed by atoms with E-state index in [1.807, 2.05) is 12.1 Å². The highest BCUT2D eigenvalue weighted by atomic mass is 35.5. The fourth-order valence-electron chi connectivity index (χ4n) is 4.04. The number of halogens is 2. The Labute approximate surface area is 163 Å². The zero-order chi connectivity index (χ0) is 18.8. The fourth-order valence-corrected chi connectivity index (χ4v) is 4.21. The lowest BCUT2D eigenvalue weighted by molar-refractivity contribution is -0.116. The van der Waals surface area contributed by atoms with Crippen LogP contribution in [-0.2, 0) is 4.79 Å². The second-order valence-electron chi connectivity index (χ2n) is 7.19. The van der Waals surface area contributed by atoms with Gasteiger partial charge in [0, 0.05) is 43.8 Å². The van der Waals surface area contributed by atoms with Crippen molar-refractivity contribution in [3.8, 4) is 0 Å². The van der Waals surface area contributed by atoms with E-state index in [0.717, 1.165) is 30.8 Å². The van der Waals surface area contributed by atoms with E-state index in [-0.39, 0.29) is 16.7 Å². The number of nitrogens with zero attached hydrogens (tertiary/aromatic N) is 2. The highest BCUT2D eigenvalue weighted by Gasteiger charge is 2.54. The summed E-state index contributed by atoms with van der Waals surface area (Å²) in [5.41, 5.74) is 1.89. The van der Waals surface area contributed by atoms with Crippen molar-refractivity contribution in [2.75, 3.05) is 24.5 Å². The van der Waals surface area contributed by atoms with Crippen molar-refractivity contribution in [2.24, 2.45) is 17.8 Å². The second kappa shape index (κ2) is 7.69. The maximum atomic E-state index is 13.3. The van der Waals surface area contributed by atoms with Crippen LogP contribution in [0, 0.1) is 23.6 Å². The highest BCUT2D eigenvalue weighted by molar-refractivity contribution is 6.31. The Balaban J connectivity index is 1.19. The molecule has 1 aromatic carbocycles. The molecule has 2 fully saturated rings. The number of aromatic nitrogens is 1. The van der Waals surface area contributed by atoms with Crippen molar-refractivity contribution in [1.29, 1.82) is 0 Å². The Bertz CT molecular complexity index is 846. The third-order valence-electron chi connectivity index (χ3n) is 5.53. The number of hydrogen-bond acceptors (Lipinski definition) is 3. The Hall–Kier alpha value is -2.40. The first-order valence-electron chi connectivity index (χ1n) is 9.18. The standard InChI is InChI=1S/C21H21ClFN3O/c22-19-10-15(4-5-20(19)23)26-12-17-16(18(17)13-26)7-9-25-21(27)6-3-14-2-1-8-24-11-14/h1-6,8,10-11,16-18H,7,9,12-13H2,(H,25,27)/b6-3+. The van der Waals surface area contributed by atoms with Crippen LogP contribution in [0.2, 0.25) is 5.02 Å². The van der Waals surface area contributed by atoms with E-state index < -0.39 is 0 Å². The zero-order valence-corrected chi connectivity index (χ0v) is 15.6. The molecule has 0 spiro atoms. The largest absolute Gasteiger partial charge is 0.371 e. The van der Waals surface area contributed by atoms with Crippen LogP contribution in [0.25, 0.3) is 6.08 Å². The van der Waals surface area contributed by atoms with Crippen LogP contribution in [-0.4, -0.2) is 30.5 Å². The minimum atomic E-state index is -0.379. The average Bonchev–Trinajstić information content (AvgIpc) is 3.12. The molecule has 2 aliphatic rings. The predicted octanol–water partition coefficient (Wildman–Crippen LogP) is 3.78. The number of carbonyl (C=O) groups excluding carboxylic acids is 1. The molecule has 1 aliphatic carbocycles. The van der Waals surface area contributed by atoms with Gasteiger partial charge in [0.05, 0.1) is 5.02 Å². The van der Waals surface area contributed by atoms with Gasteiger partial charge in [-0.25, -0.2) is 4.39 Å². The molecule has 1 aromatic heterocycles. The number of carbonyl (C=O) groups is 1. The van der Waals surface area contributed by atoms with Crippen LogP contribution >= 0.6 is 11.6 Å². The topological polar surface area (TPSA) is 45.2 Å². The van der Waals surface area contributed by atoms with Gasteiger partial charge >= 0.3 is 0 Å². The molecule has 140 valence electrons. The van der Waals surface area contributed by atoms with Gasteiger partial charge in [0.2, 0.25) is 5.91 Å². The van der Waals surface area contributed by atoms with E-state index in [4.69, 9.17) is 11.6 Å². The van der Waals surface area contributed by atoms with Crippen LogP contribution in [0.4, 0.5) is 10.1 Å². The maximum Gasteiger partial charge on any atom is 0.244 e. The molecule has 6 heteroatoms. The molecule has 2 unspecified atom stereocenters. The first-order chi connectivity index (χ1) is 13.1. The number of pyridine rings is 1. The number of fused-ring (bicyclic) bond motifs is 1. The lowest BCUT2D eigenvalue weighted by atomic mass is 10.2. The maximum absolute atomic E-state index is 13.3. The van der Waals surface area contributed by atoms with Crippen LogP contribution in [0.5, 0.6) is 0 Å². The first kappa shape index (κ1) is 18.0. The molecule has 2 aromatic rings. The first-order valence-corrected chi connectivity index (χ1v) is 9.55. The molecule has 27 heavy (non-hydrogen) atoms. The molecule has 0 bridgehead atoms. The van der Waals surface area contributed by atoms with Gasteiger partial charge in [-0.3, -0.25) is 9.78 Å². The smallest absolute Gasteiger partial charge is 0.244 e. The highest BCUT2D eigenvalue weighted by Crippen LogP contribution is 2.54. The summed E-state index contributed by atoms with van der Waals surface area (Å²) in [6, 6.07) is 8.66. The van der Waals surface area contributed by atoms with Crippen LogP contribution in [0.15, 0.2) is 48.8 Å². The minimum Gasteiger partial charge on any atom is -0.371 e. The Morgan fingerprint density at radius 2 is 2.15 bits per heavy atom. The molecule has 2 heterocycles. The summed E-state index contributed by atoms with van der Waals surface area (Å²) in [5.74, 6) is 1.54. The van der Waals surface area contributed by atoms with Crippen molar-refractivity contribution < 1.29 is 9.18 Å². The van der Waals surface area contributed by atoms with E-state index >= 15 is 0 Å². The number of rotatable bonds is 6. The lowest BCUT2D eigenvalue weighted by Gasteiger charge is -2.22. The normalized spacial score (nSPS) is 23.5. The van der Waals surface area contributed by atoms with Gasteiger partial charge in [-0.1, -0.05) is 17.7 Å². The van der Waals surface area contributed by atoms with E-state index in [9.17, 15) is 9.18 Å². The van der Waals surface area contributed by atoms with E-state index in [1.165, 1.54) is 6.07 Å². The quantitative estimate of drug-likeness (QED) is 0.770. The summed E-state index contributed by atoms with van der Waals surface area (Å²) in [5, 5.41) is 3.12. The summed E-state index contributed by atoms with van der Waals surface area (Å²) in [7, 11) is 0. The minimum absolute atomic E-state index is 0.0766. The summed E-state index contributed by atoms with van der Waals surface area (Å²) < 4.78 is 13.3. The summed E-state index contributed by atoms with van der Waals surface area (Å²) in [6.07, 6.45) is 7.73. The average molecular weight is 386 g/mol. The van der Waals surface area contributed by atoms with Crippen LogP contribution in [0.1, 0.15) is 12.0 Å². The number of piperidine rings is 1. The molecule has 0 radical (unpaired) electrons. The van der Waals surface area contributed by atoms with Crippen LogP contribution in [0.3, 0.4) is 0 Å². The Kier molecular flexibility index (Phi) is 5.12. The summed E-state index contributed by atoms with van der Waals surface area (Å²) in [4.78, 5) is 18.2. The van der Waals surface area contributed by atoms with Crippen molar-refractivity contribution in [3.63, 3.8) is 0 Å². The molecule has 4 rings (SSSR count). The van der Waals surface area contributed by atoms with Crippen LogP contribution < -0.4 is 10.2 Å². The summed E-state index contributed by atoms with van der Waals surface area (Å²) in [6.45, 7) is 2.65. The summed E-state index contributed by atoms with van der Waals surface area (Å²) >= 11 is 5.88. The second-order valence-corrected chi connectivity index (χ2v) is 7.60. The Morgan fingerprint density at radius 1 is 1.33 bits per heavy atom. The van der Waals surface area contributed by atoms with Gasteiger partial charge in [-0.05, 0) is 60.1 Å². The molecule has 1 amide bonds. The molecule has 1 saturated carbocycles. The van der Waals surface area contributed by atoms with E-state index in [0.29, 0.717) is 24.3 Å². The van der Waals surface area contributed by atoms with Crippen molar-refractivity contribution in [2.45, 2.75) is 6.42 Å². The lowest BCUT2D eigenvalue weighted by Crippen LogP contribution is -2.26. The number of hydrogen-bond donors (Lipinski definition) is 1. The number of nitrogens with one attached hydrogen (secondary N) is 1.